The predicted octanol–water partition coefficient (Wildman–Crippen LogP) is 6.00. The highest BCUT2D eigenvalue weighted by Gasteiger charge is 2.08. The molecule has 0 saturated carbocycles. The van der Waals surface area contributed by atoms with Crippen molar-refractivity contribution >= 4 is 5.71 Å². The van der Waals surface area contributed by atoms with Crippen LogP contribution in [0.5, 0.6) is 5.75 Å². The number of oxime groups is 1. The van der Waals surface area contributed by atoms with Crippen LogP contribution in [-0.4, -0.2) is 18.9 Å². The summed E-state index contributed by atoms with van der Waals surface area (Å²) in [5.74, 6) is 1.28. The summed E-state index contributed by atoms with van der Waals surface area (Å²) in [6.07, 6.45) is 0.860. The molecule has 28 heavy (non-hydrogen) atoms. The van der Waals surface area contributed by atoms with Gasteiger partial charge in [-0.05, 0) is 47.2 Å². The molecule has 0 aliphatic carbocycles. The Labute approximate surface area is 167 Å². The molecule has 0 N–H and O–H groups in total. The Kier molecular flexibility index (Phi) is 7.25. The van der Waals surface area contributed by atoms with Crippen molar-refractivity contribution < 1.29 is 9.57 Å². The fraction of sp³-hybridized carbons (Fsp3) is 0.240. The van der Waals surface area contributed by atoms with E-state index in [2.05, 4.69) is 73.6 Å². The maximum Gasteiger partial charge on any atom is 0.151 e. The van der Waals surface area contributed by atoms with E-state index >= 15 is 0 Å². The van der Waals surface area contributed by atoms with Crippen LogP contribution in [-0.2, 0) is 4.84 Å². The van der Waals surface area contributed by atoms with Crippen molar-refractivity contribution in [3.8, 4) is 16.9 Å². The van der Waals surface area contributed by atoms with Gasteiger partial charge in [0, 0.05) is 0 Å². The zero-order valence-electron chi connectivity index (χ0n) is 16.5. The van der Waals surface area contributed by atoms with E-state index in [0.717, 1.165) is 23.4 Å². The van der Waals surface area contributed by atoms with Crippen LogP contribution >= 0.6 is 0 Å². The smallest absolute Gasteiger partial charge is 0.151 e. The number of hydrogen-bond donors (Lipinski definition) is 0. The third-order valence-electron chi connectivity index (χ3n) is 4.22. The Morgan fingerprint density at radius 1 is 0.893 bits per heavy atom. The minimum Gasteiger partial charge on any atom is -0.490 e. The number of benzene rings is 3. The first-order chi connectivity index (χ1) is 13.7. The summed E-state index contributed by atoms with van der Waals surface area (Å²) in [6.45, 7) is 5.22. The lowest BCUT2D eigenvalue weighted by atomic mass is 9.98. The molecule has 0 aromatic heterocycles. The summed E-state index contributed by atoms with van der Waals surface area (Å²) in [5, 5.41) is 4.40. The van der Waals surface area contributed by atoms with Crippen LogP contribution in [0.3, 0.4) is 0 Å². The Morgan fingerprint density at radius 2 is 1.64 bits per heavy atom. The molecule has 0 heterocycles. The molecule has 0 unspecified atom stereocenters. The molecule has 0 fully saturated rings. The highest BCUT2D eigenvalue weighted by molar-refractivity contribution is 6.00. The highest BCUT2D eigenvalue weighted by atomic mass is 16.6. The second-order valence-corrected chi connectivity index (χ2v) is 7.00. The van der Waals surface area contributed by atoms with Gasteiger partial charge in [0.1, 0.15) is 12.4 Å². The third kappa shape index (κ3) is 5.98. The van der Waals surface area contributed by atoms with Crippen molar-refractivity contribution in [3.63, 3.8) is 0 Å². The van der Waals surface area contributed by atoms with E-state index in [1.165, 1.54) is 11.1 Å². The van der Waals surface area contributed by atoms with E-state index in [0.29, 0.717) is 19.1 Å². The van der Waals surface area contributed by atoms with Gasteiger partial charge in [0.15, 0.2) is 6.61 Å². The maximum absolute atomic E-state index is 5.61. The molecule has 0 bridgehead atoms. The number of ether oxygens (including phenoxy) is 1. The van der Waals surface area contributed by atoms with Crippen LogP contribution in [0.25, 0.3) is 11.1 Å². The first-order valence-corrected chi connectivity index (χ1v) is 9.66. The Bertz CT molecular complexity index is 856. The molecule has 0 aliphatic heterocycles. The minimum atomic E-state index is 0.401. The molecule has 0 amide bonds. The van der Waals surface area contributed by atoms with E-state index < -0.39 is 0 Å². The van der Waals surface area contributed by atoms with Crippen LogP contribution in [0.2, 0.25) is 0 Å². The molecule has 3 aromatic carbocycles. The van der Waals surface area contributed by atoms with E-state index in [4.69, 9.17) is 9.57 Å². The zero-order valence-corrected chi connectivity index (χ0v) is 16.5. The van der Waals surface area contributed by atoms with Crippen LogP contribution in [0, 0.1) is 12.0 Å². The van der Waals surface area contributed by atoms with Gasteiger partial charge in [0.2, 0.25) is 0 Å². The molecule has 0 saturated heterocycles. The Hall–Kier alpha value is -3.07. The summed E-state index contributed by atoms with van der Waals surface area (Å²) >= 11 is 0. The second-order valence-electron chi connectivity index (χ2n) is 7.00. The molecule has 3 rings (SSSR count). The lowest BCUT2D eigenvalue weighted by molar-refractivity contribution is 0.106. The third-order valence-corrected chi connectivity index (χ3v) is 4.22. The number of rotatable bonds is 9. The lowest BCUT2D eigenvalue weighted by Crippen LogP contribution is -2.09. The molecular formula is C25H26NO2. The normalized spacial score (nSPS) is 11.5. The summed E-state index contributed by atoms with van der Waals surface area (Å²) in [6, 6.07) is 29.3. The standard InChI is InChI=1S/C25H26NO2/c1-20(2)19-25(26-28-18-17-27-24-11-7-4-8-12-24)23-15-13-22(14-16-23)21-9-5-3-6-10-21/h3-7,9-16,20H,17-19H2,1-2H3. The van der Waals surface area contributed by atoms with Gasteiger partial charge in [-0.15, -0.1) is 0 Å². The van der Waals surface area contributed by atoms with Gasteiger partial charge >= 0.3 is 0 Å². The average molecular weight is 372 g/mol. The van der Waals surface area contributed by atoms with Gasteiger partial charge in [-0.25, -0.2) is 0 Å². The molecule has 1 radical (unpaired) electrons. The predicted molar refractivity (Wildman–Crippen MR) is 115 cm³/mol. The molecule has 3 nitrogen and oxygen atoms in total. The molecule has 3 heteroatoms. The first kappa shape index (κ1) is 19.7. The van der Waals surface area contributed by atoms with Gasteiger partial charge in [0.05, 0.1) is 5.71 Å². The van der Waals surface area contributed by atoms with Crippen molar-refractivity contribution in [1.82, 2.24) is 0 Å². The van der Waals surface area contributed by atoms with Gasteiger partial charge in [-0.3, -0.25) is 0 Å². The maximum atomic E-state index is 5.61. The molecular weight excluding hydrogens is 346 g/mol. The fourth-order valence-electron chi connectivity index (χ4n) is 2.87. The van der Waals surface area contributed by atoms with Crippen molar-refractivity contribution in [2.24, 2.45) is 11.1 Å². The minimum absolute atomic E-state index is 0.401. The summed E-state index contributed by atoms with van der Waals surface area (Å²) < 4.78 is 5.61. The average Bonchev–Trinajstić information content (AvgIpc) is 2.74. The van der Waals surface area contributed by atoms with Gasteiger partial charge in [-0.2, -0.15) is 0 Å². The van der Waals surface area contributed by atoms with Crippen molar-refractivity contribution in [2.75, 3.05) is 13.2 Å². The van der Waals surface area contributed by atoms with Crippen LogP contribution in [0.4, 0.5) is 0 Å². The topological polar surface area (TPSA) is 30.8 Å². The summed E-state index contributed by atoms with van der Waals surface area (Å²) in [5.41, 5.74) is 4.46. The van der Waals surface area contributed by atoms with Crippen molar-refractivity contribution in [1.29, 1.82) is 0 Å². The summed E-state index contributed by atoms with van der Waals surface area (Å²) in [7, 11) is 0. The quantitative estimate of drug-likeness (QED) is 0.262. The Morgan fingerprint density at radius 3 is 2.32 bits per heavy atom. The van der Waals surface area contributed by atoms with Gasteiger partial charge < -0.3 is 9.57 Å². The Balaban J connectivity index is 1.61. The molecule has 0 aliphatic rings. The van der Waals surface area contributed by atoms with E-state index in [1.54, 1.807) is 0 Å². The van der Waals surface area contributed by atoms with Gasteiger partial charge in [-0.1, -0.05) is 85.7 Å². The van der Waals surface area contributed by atoms with Crippen molar-refractivity contribution in [3.05, 3.63) is 90.5 Å². The zero-order chi connectivity index (χ0) is 19.6. The van der Waals surface area contributed by atoms with Gasteiger partial charge in [0.25, 0.3) is 0 Å². The molecule has 0 atom stereocenters. The monoisotopic (exact) mass is 372 g/mol. The van der Waals surface area contributed by atoms with E-state index in [1.807, 2.05) is 30.3 Å². The van der Waals surface area contributed by atoms with Crippen LogP contribution < -0.4 is 4.74 Å². The highest BCUT2D eigenvalue weighted by Crippen LogP contribution is 2.21. The van der Waals surface area contributed by atoms with Crippen molar-refractivity contribution in [2.45, 2.75) is 20.3 Å². The fourth-order valence-corrected chi connectivity index (χ4v) is 2.87. The molecule has 143 valence electrons. The number of nitrogens with zero attached hydrogens (tertiary/aromatic N) is 1. The number of hydrogen-bond acceptors (Lipinski definition) is 3. The SMILES string of the molecule is CC(C)CC(=NOCCOc1c[c]ccc1)c1ccc(-c2ccccc2)cc1. The summed E-state index contributed by atoms with van der Waals surface area (Å²) in [4.78, 5) is 5.54. The lowest BCUT2D eigenvalue weighted by Gasteiger charge is -2.11. The van der Waals surface area contributed by atoms with Crippen LogP contribution in [0.15, 0.2) is 84.0 Å². The van der Waals surface area contributed by atoms with E-state index in [-0.39, 0.29) is 0 Å². The molecule has 3 aromatic rings. The van der Waals surface area contributed by atoms with E-state index in [9.17, 15) is 0 Å². The first-order valence-electron chi connectivity index (χ1n) is 9.66. The largest absolute Gasteiger partial charge is 0.490 e. The molecule has 0 spiro atoms. The van der Waals surface area contributed by atoms with Crippen LogP contribution in [0.1, 0.15) is 25.8 Å². The second kappa shape index (κ2) is 10.3.